The van der Waals surface area contributed by atoms with Crippen LogP contribution in [0.15, 0.2) is 18.2 Å². The molecule has 0 aromatic heterocycles. The molecule has 0 unspecified atom stereocenters. The summed E-state index contributed by atoms with van der Waals surface area (Å²) in [5, 5.41) is 0.695. The Balaban J connectivity index is 0.000000309. The van der Waals surface area contributed by atoms with E-state index in [1.807, 2.05) is 25.2 Å². The summed E-state index contributed by atoms with van der Waals surface area (Å²) in [5.41, 5.74) is 7.78. The molecule has 122 valence electrons. The number of hydrogen-bond acceptors (Lipinski definition) is 3. The molecule has 1 fully saturated rings. The minimum atomic E-state index is -4.64. The van der Waals surface area contributed by atoms with Crippen molar-refractivity contribution in [2.24, 2.45) is 5.73 Å². The molecule has 1 aromatic carbocycles. The molecule has 1 aromatic rings. The van der Waals surface area contributed by atoms with Crippen molar-refractivity contribution in [1.29, 1.82) is 0 Å². The molecule has 1 amide bonds. The minimum Gasteiger partial charge on any atom is -0.341 e. The van der Waals surface area contributed by atoms with Crippen molar-refractivity contribution >= 4 is 25.3 Å². The first-order valence-corrected chi connectivity index (χ1v) is 8.55. The zero-order chi connectivity index (χ0) is 16.7. The molecule has 0 atom stereocenters. The van der Waals surface area contributed by atoms with Crippen LogP contribution in [-0.4, -0.2) is 38.6 Å². The van der Waals surface area contributed by atoms with Gasteiger partial charge >= 0.3 is 7.82 Å². The van der Waals surface area contributed by atoms with Crippen molar-refractivity contribution in [3.63, 3.8) is 0 Å². The number of rotatable bonds is 0. The van der Waals surface area contributed by atoms with Gasteiger partial charge in [-0.1, -0.05) is 17.7 Å². The Kier molecular flexibility index (Phi) is 4.69. The van der Waals surface area contributed by atoms with Crippen LogP contribution in [0.3, 0.4) is 0 Å². The Morgan fingerprint density at radius 3 is 2.41 bits per heavy atom. The molecule has 1 saturated carbocycles. The van der Waals surface area contributed by atoms with E-state index in [2.05, 4.69) is 0 Å². The van der Waals surface area contributed by atoms with Crippen molar-refractivity contribution in [2.75, 3.05) is 7.05 Å². The second kappa shape index (κ2) is 5.92. The van der Waals surface area contributed by atoms with Crippen LogP contribution >= 0.6 is 19.4 Å². The number of amides is 1. The van der Waals surface area contributed by atoms with Crippen molar-refractivity contribution in [2.45, 2.75) is 30.8 Å². The predicted molar refractivity (Wildman–Crippen MR) is 81.1 cm³/mol. The van der Waals surface area contributed by atoms with Crippen molar-refractivity contribution in [3.05, 3.63) is 34.3 Å². The van der Waals surface area contributed by atoms with Gasteiger partial charge in [-0.25, -0.2) is 4.57 Å². The van der Waals surface area contributed by atoms with E-state index in [1.54, 1.807) is 4.90 Å². The summed E-state index contributed by atoms with van der Waals surface area (Å²) in [4.78, 5) is 35.7. The van der Waals surface area contributed by atoms with E-state index in [0.29, 0.717) is 11.6 Å². The molecule has 0 saturated heterocycles. The highest BCUT2D eigenvalue weighted by atomic mass is 35.5. The number of carbonyl (C=O) groups is 1. The number of fused-ring (bicyclic) bond motifs is 2. The maximum Gasteiger partial charge on any atom is 0.466 e. The van der Waals surface area contributed by atoms with Gasteiger partial charge in [0.2, 0.25) is 5.91 Å². The van der Waals surface area contributed by atoms with Crippen molar-refractivity contribution in [1.82, 2.24) is 4.90 Å². The standard InChI is InChI=1S/C13H15ClN2O.H3O4P/c1-16-7-8-2-3-9(14)4-11(8)13(12(16)17)5-10(15)6-13;1-5(2,3)4/h2-4,10H,5-7,15H2,1H3;(H3,1,2,3,4). The molecule has 2 aliphatic rings. The molecule has 22 heavy (non-hydrogen) atoms. The van der Waals surface area contributed by atoms with Crippen LogP contribution in [0.25, 0.3) is 0 Å². The van der Waals surface area contributed by atoms with Gasteiger partial charge in [-0.3, -0.25) is 4.79 Å². The summed E-state index contributed by atoms with van der Waals surface area (Å²) in [5.74, 6) is 0.189. The highest BCUT2D eigenvalue weighted by molar-refractivity contribution is 7.45. The molecular weight excluding hydrogens is 331 g/mol. The minimum absolute atomic E-state index is 0.136. The van der Waals surface area contributed by atoms with Crippen LogP contribution in [0.1, 0.15) is 24.0 Å². The van der Waals surface area contributed by atoms with E-state index in [-0.39, 0.29) is 11.9 Å². The predicted octanol–water partition coefficient (Wildman–Crippen LogP) is 0.742. The summed E-state index contributed by atoms with van der Waals surface area (Å²) >= 11 is 6.05. The van der Waals surface area contributed by atoms with Gasteiger partial charge in [0.15, 0.2) is 0 Å². The fourth-order valence-corrected chi connectivity index (χ4v) is 3.34. The van der Waals surface area contributed by atoms with Crippen molar-refractivity contribution < 1.29 is 24.0 Å². The molecule has 0 bridgehead atoms. The molecule has 9 heteroatoms. The highest BCUT2D eigenvalue weighted by Crippen LogP contribution is 2.48. The largest absolute Gasteiger partial charge is 0.466 e. The summed E-state index contributed by atoms with van der Waals surface area (Å²) in [6.07, 6.45) is 1.48. The van der Waals surface area contributed by atoms with Gasteiger partial charge < -0.3 is 25.3 Å². The smallest absolute Gasteiger partial charge is 0.341 e. The summed E-state index contributed by atoms with van der Waals surface area (Å²) in [7, 11) is -2.79. The molecule has 3 rings (SSSR count). The number of hydrogen-bond donors (Lipinski definition) is 4. The van der Waals surface area contributed by atoms with E-state index in [9.17, 15) is 4.79 Å². The van der Waals surface area contributed by atoms with Gasteiger partial charge in [0.05, 0.1) is 5.41 Å². The third-order valence-electron chi connectivity index (χ3n) is 3.97. The lowest BCUT2D eigenvalue weighted by Crippen LogP contribution is -2.60. The second-order valence-electron chi connectivity index (χ2n) is 5.73. The normalized spacial score (nSPS) is 26.9. The van der Waals surface area contributed by atoms with Gasteiger partial charge in [0.25, 0.3) is 0 Å². The molecule has 1 aliphatic carbocycles. The van der Waals surface area contributed by atoms with E-state index >= 15 is 0 Å². The van der Waals surface area contributed by atoms with Crippen molar-refractivity contribution in [3.8, 4) is 0 Å². The van der Waals surface area contributed by atoms with E-state index in [4.69, 9.17) is 36.6 Å². The van der Waals surface area contributed by atoms with Gasteiger partial charge in [0, 0.05) is 24.7 Å². The fourth-order valence-electron chi connectivity index (χ4n) is 3.17. The zero-order valence-electron chi connectivity index (χ0n) is 11.9. The summed E-state index contributed by atoms with van der Waals surface area (Å²) in [6, 6.07) is 5.98. The van der Waals surface area contributed by atoms with Crippen LogP contribution in [0, 0.1) is 0 Å². The van der Waals surface area contributed by atoms with Gasteiger partial charge in [-0.15, -0.1) is 0 Å². The topological polar surface area (TPSA) is 124 Å². The number of carbonyl (C=O) groups excluding carboxylic acids is 1. The molecular formula is C13H18ClN2O5P. The summed E-state index contributed by atoms with van der Waals surface area (Å²) in [6.45, 7) is 0.669. The first-order valence-electron chi connectivity index (χ1n) is 6.61. The number of halogens is 1. The van der Waals surface area contributed by atoms with E-state index in [1.165, 1.54) is 5.56 Å². The maximum absolute atomic E-state index is 12.4. The Hall–Kier alpha value is -0.950. The second-order valence-corrected chi connectivity index (χ2v) is 7.19. The number of nitrogens with zero attached hydrogens (tertiary/aromatic N) is 1. The van der Waals surface area contributed by atoms with Crippen LogP contribution in [0.5, 0.6) is 0 Å². The Bertz CT molecular complexity index is 633. The number of likely N-dealkylation sites (N-methyl/N-ethyl adjacent to an activating group) is 1. The number of nitrogens with two attached hydrogens (primary N) is 1. The first-order chi connectivity index (χ1) is 10.0. The first kappa shape index (κ1) is 17.4. The molecule has 5 N–H and O–H groups in total. The third kappa shape index (κ3) is 3.51. The number of benzene rings is 1. The number of phosphoric acid groups is 1. The van der Waals surface area contributed by atoms with Crippen LogP contribution in [0.2, 0.25) is 5.02 Å². The third-order valence-corrected chi connectivity index (χ3v) is 4.21. The van der Waals surface area contributed by atoms with E-state index < -0.39 is 13.2 Å². The SMILES string of the molecule is CN1Cc2ccc(Cl)cc2C2(CC(N)C2)C1=O.O=P(O)(O)O. The average molecular weight is 349 g/mol. The lowest BCUT2D eigenvalue weighted by Gasteiger charge is -2.50. The van der Waals surface area contributed by atoms with Gasteiger partial charge in [-0.2, -0.15) is 0 Å². The van der Waals surface area contributed by atoms with Crippen LogP contribution < -0.4 is 5.73 Å². The van der Waals surface area contributed by atoms with Crippen LogP contribution in [0.4, 0.5) is 0 Å². The molecule has 7 nitrogen and oxygen atoms in total. The lowest BCUT2D eigenvalue weighted by atomic mass is 9.59. The maximum atomic E-state index is 12.4. The molecule has 0 radical (unpaired) electrons. The monoisotopic (exact) mass is 348 g/mol. The highest BCUT2D eigenvalue weighted by Gasteiger charge is 2.54. The molecule has 1 heterocycles. The van der Waals surface area contributed by atoms with Gasteiger partial charge in [0.1, 0.15) is 0 Å². The van der Waals surface area contributed by atoms with Gasteiger partial charge in [-0.05, 0) is 36.1 Å². The quantitative estimate of drug-likeness (QED) is 0.513. The van der Waals surface area contributed by atoms with E-state index in [0.717, 1.165) is 18.4 Å². The average Bonchev–Trinajstić information content (AvgIpc) is 2.32. The fraction of sp³-hybridized carbons (Fsp3) is 0.462. The van der Waals surface area contributed by atoms with Crippen LogP contribution in [-0.2, 0) is 21.3 Å². The Morgan fingerprint density at radius 2 is 1.91 bits per heavy atom. The molecule has 1 spiro atoms. The zero-order valence-corrected chi connectivity index (χ0v) is 13.6. The Morgan fingerprint density at radius 1 is 1.36 bits per heavy atom. The molecule has 1 aliphatic heterocycles. The summed E-state index contributed by atoms with van der Waals surface area (Å²) < 4.78 is 8.88. The lowest BCUT2D eigenvalue weighted by molar-refractivity contribution is -0.142. The Labute approximate surface area is 132 Å².